The second kappa shape index (κ2) is 9.85. The van der Waals surface area contributed by atoms with Gasteiger partial charge in [0.25, 0.3) is 0 Å². The van der Waals surface area contributed by atoms with Crippen LogP contribution < -0.4 is 10.2 Å². The van der Waals surface area contributed by atoms with Crippen molar-refractivity contribution in [2.75, 3.05) is 43.1 Å². The topological polar surface area (TPSA) is 74.8 Å². The molecule has 0 saturated carbocycles. The summed E-state index contributed by atoms with van der Waals surface area (Å²) in [4.78, 5) is 32.5. The molecule has 2 amide bonds. The third-order valence-corrected chi connectivity index (χ3v) is 4.66. The summed E-state index contributed by atoms with van der Waals surface area (Å²) in [6.45, 7) is 5.22. The van der Waals surface area contributed by atoms with Crippen molar-refractivity contribution in [1.82, 2.24) is 9.88 Å². The van der Waals surface area contributed by atoms with E-state index in [0.717, 1.165) is 30.2 Å². The SMILES string of the molecule is CC(=O)N(CCC(=O)Nc1ccccc1N1CCOCC1)Cc1ccccn1. The van der Waals surface area contributed by atoms with E-state index in [2.05, 4.69) is 15.2 Å². The van der Waals surface area contributed by atoms with E-state index in [0.29, 0.717) is 26.3 Å². The van der Waals surface area contributed by atoms with Crippen molar-refractivity contribution in [1.29, 1.82) is 0 Å². The number of ether oxygens (including phenoxy) is 1. The summed E-state index contributed by atoms with van der Waals surface area (Å²) >= 11 is 0. The zero-order chi connectivity index (χ0) is 19.8. The number of hydrogen-bond donors (Lipinski definition) is 1. The molecule has 148 valence electrons. The second-order valence-corrected chi connectivity index (χ2v) is 6.68. The summed E-state index contributed by atoms with van der Waals surface area (Å²) < 4.78 is 5.41. The summed E-state index contributed by atoms with van der Waals surface area (Å²) in [5.41, 5.74) is 2.58. The minimum atomic E-state index is -0.118. The molecule has 1 N–H and O–H groups in total. The summed E-state index contributed by atoms with van der Waals surface area (Å²) in [5.74, 6) is -0.194. The molecule has 7 nitrogen and oxygen atoms in total. The Hall–Kier alpha value is -2.93. The smallest absolute Gasteiger partial charge is 0.226 e. The lowest BCUT2D eigenvalue weighted by Crippen LogP contribution is -2.37. The second-order valence-electron chi connectivity index (χ2n) is 6.68. The number of carbonyl (C=O) groups excluding carboxylic acids is 2. The molecule has 1 saturated heterocycles. The molecule has 2 aromatic rings. The number of amides is 2. The van der Waals surface area contributed by atoms with Gasteiger partial charge in [-0.25, -0.2) is 0 Å². The van der Waals surface area contributed by atoms with E-state index in [1.165, 1.54) is 6.92 Å². The molecule has 28 heavy (non-hydrogen) atoms. The maximum atomic E-state index is 12.5. The van der Waals surface area contributed by atoms with Crippen LogP contribution >= 0.6 is 0 Å². The number of morpholine rings is 1. The van der Waals surface area contributed by atoms with Crippen molar-refractivity contribution >= 4 is 23.2 Å². The van der Waals surface area contributed by atoms with Crippen molar-refractivity contribution in [2.24, 2.45) is 0 Å². The van der Waals surface area contributed by atoms with Gasteiger partial charge in [0, 0.05) is 39.2 Å². The minimum Gasteiger partial charge on any atom is -0.378 e. The first-order chi connectivity index (χ1) is 13.6. The molecule has 1 aliphatic rings. The maximum absolute atomic E-state index is 12.5. The molecule has 0 radical (unpaired) electrons. The highest BCUT2D eigenvalue weighted by molar-refractivity contribution is 5.94. The first-order valence-electron chi connectivity index (χ1n) is 9.50. The fourth-order valence-corrected chi connectivity index (χ4v) is 3.14. The first kappa shape index (κ1) is 19.8. The molecule has 0 spiro atoms. The van der Waals surface area contributed by atoms with E-state index in [4.69, 9.17) is 4.74 Å². The molecule has 3 rings (SSSR count). The molecular formula is C21H26N4O3. The molecular weight excluding hydrogens is 356 g/mol. The van der Waals surface area contributed by atoms with Crippen molar-refractivity contribution < 1.29 is 14.3 Å². The van der Waals surface area contributed by atoms with E-state index in [1.807, 2.05) is 42.5 Å². The largest absolute Gasteiger partial charge is 0.378 e. The normalized spacial score (nSPS) is 13.8. The number of hydrogen-bond acceptors (Lipinski definition) is 5. The Morgan fingerprint density at radius 3 is 2.61 bits per heavy atom. The number of pyridine rings is 1. The Balaban J connectivity index is 1.58. The van der Waals surface area contributed by atoms with Gasteiger partial charge in [-0.05, 0) is 24.3 Å². The van der Waals surface area contributed by atoms with E-state index in [1.54, 1.807) is 11.1 Å². The first-order valence-corrected chi connectivity index (χ1v) is 9.50. The monoisotopic (exact) mass is 382 g/mol. The molecule has 2 heterocycles. The Morgan fingerprint density at radius 2 is 1.89 bits per heavy atom. The summed E-state index contributed by atoms with van der Waals surface area (Å²) in [6.07, 6.45) is 1.92. The molecule has 1 aromatic heterocycles. The number of nitrogens with one attached hydrogen (secondary N) is 1. The Morgan fingerprint density at radius 1 is 1.14 bits per heavy atom. The average molecular weight is 382 g/mol. The fourth-order valence-electron chi connectivity index (χ4n) is 3.14. The van der Waals surface area contributed by atoms with Crippen molar-refractivity contribution in [2.45, 2.75) is 19.9 Å². The van der Waals surface area contributed by atoms with Gasteiger partial charge in [-0.1, -0.05) is 18.2 Å². The van der Waals surface area contributed by atoms with Gasteiger partial charge in [-0.2, -0.15) is 0 Å². The predicted molar refractivity (Wildman–Crippen MR) is 108 cm³/mol. The van der Waals surface area contributed by atoms with Gasteiger partial charge in [0.2, 0.25) is 11.8 Å². The van der Waals surface area contributed by atoms with Crippen LogP contribution in [-0.2, 0) is 20.9 Å². The Kier molecular flexibility index (Phi) is 6.97. The van der Waals surface area contributed by atoms with Crippen LogP contribution in [0.2, 0.25) is 0 Å². The lowest BCUT2D eigenvalue weighted by atomic mass is 10.2. The molecule has 7 heteroatoms. The fraction of sp³-hybridized carbons (Fsp3) is 0.381. The van der Waals surface area contributed by atoms with Gasteiger partial charge in [-0.15, -0.1) is 0 Å². The van der Waals surface area contributed by atoms with Crippen LogP contribution in [0.25, 0.3) is 0 Å². The van der Waals surface area contributed by atoms with Gasteiger partial charge in [-0.3, -0.25) is 14.6 Å². The van der Waals surface area contributed by atoms with Crippen LogP contribution in [0, 0.1) is 0 Å². The van der Waals surface area contributed by atoms with E-state index in [-0.39, 0.29) is 18.2 Å². The highest BCUT2D eigenvalue weighted by atomic mass is 16.5. The molecule has 0 aliphatic carbocycles. The van der Waals surface area contributed by atoms with Gasteiger partial charge in [0.05, 0.1) is 36.8 Å². The van der Waals surface area contributed by atoms with Crippen molar-refractivity contribution in [3.05, 3.63) is 54.4 Å². The number of carbonyl (C=O) groups is 2. The molecule has 1 aromatic carbocycles. The standard InChI is InChI=1S/C21H26N4O3/c1-17(26)25(16-18-6-4-5-10-22-18)11-9-21(27)23-19-7-2-3-8-20(19)24-12-14-28-15-13-24/h2-8,10H,9,11-16H2,1H3,(H,23,27). The molecule has 1 aliphatic heterocycles. The number of para-hydroxylation sites is 2. The number of rotatable bonds is 7. The number of anilines is 2. The lowest BCUT2D eigenvalue weighted by molar-refractivity contribution is -0.130. The molecule has 0 atom stereocenters. The van der Waals surface area contributed by atoms with Gasteiger partial charge in [0.15, 0.2) is 0 Å². The summed E-state index contributed by atoms with van der Waals surface area (Å²) in [7, 11) is 0. The number of nitrogens with zero attached hydrogens (tertiary/aromatic N) is 3. The molecule has 0 unspecified atom stereocenters. The lowest BCUT2D eigenvalue weighted by Gasteiger charge is -2.30. The Bertz CT molecular complexity index is 791. The molecule has 0 bridgehead atoms. The van der Waals surface area contributed by atoms with E-state index in [9.17, 15) is 9.59 Å². The van der Waals surface area contributed by atoms with Crippen molar-refractivity contribution in [3.63, 3.8) is 0 Å². The number of aromatic nitrogens is 1. The van der Waals surface area contributed by atoms with Gasteiger partial charge in [0.1, 0.15) is 0 Å². The zero-order valence-corrected chi connectivity index (χ0v) is 16.1. The van der Waals surface area contributed by atoms with Crippen LogP contribution in [0.3, 0.4) is 0 Å². The third kappa shape index (κ3) is 5.53. The van der Waals surface area contributed by atoms with E-state index >= 15 is 0 Å². The summed E-state index contributed by atoms with van der Waals surface area (Å²) in [5, 5.41) is 2.99. The maximum Gasteiger partial charge on any atom is 0.226 e. The minimum absolute atomic E-state index is 0.0767. The quantitative estimate of drug-likeness (QED) is 0.795. The van der Waals surface area contributed by atoms with Gasteiger partial charge < -0.3 is 19.9 Å². The van der Waals surface area contributed by atoms with E-state index < -0.39 is 0 Å². The summed E-state index contributed by atoms with van der Waals surface area (Å²) in [6, 6.07) is 13.4. The van der Waals surface area contributed by atoms with Crippen LogP contribution in [0.1, 0.15) is 19.0 Å². The van der Waals surface area contributed by atoms with Crippen molar-refractivity contribution in [3.8, 4) is 0 Å². The molecule has 1 fully saturated rings. The highest BCUT2D eigenvalue weighted by Crippen LogP contribution is 2.26. The van der Waals surface area contributed by atoms with Crippen LogP contribution in [0.5, 0.6) is 0 Å². The van der Waals surface area contributed by atoms with Crippen LogP contribution in [0.4, 0.5) is 11.4 Å². The average Bonchev–Trinajstić information content (AvgIpc) is 2.72. The van der Waals surface area contributed by atoms with Gasteiger partial charge >= 0.3 is 0 Å². The third-order valence-electron chi connectivity index (χ3n) is 4.66. The predicted octanol–water partition coefficient (Wildman–Crippen LogP) is 2.30. The Labute approximate surface area is 165 Å². The number of benzene rings is 1. The van der Waals surface area contributed by atoms with Crippen LogP contribution in [0.15, 0.2) is 48.7 Å². The zero-order valence-electron chi connectivity index (χ0n) is 16.1. The highest BCUT2D eigenvalue weighted by Gasteiger charge is 2.17. The van der Waals surface area contributed by atoms with Crippen LogP contribution in [-0.4, -0.2) is 54.5 Å².